The van der Waals surface area contributed by atoms with Gasteiger partial charge in [0.2, 0.25) is 0 Å². The molecule has 72 valence electrons. The monoisotopic (exact) mass is 368 g/mol. The Kier molecular flexibility index (Phi) is 90.4. The van der Waals surface area contributed by atoms with Crippen molar-refractivity contribution in [3.63, 3.8) is 0 Å². The fraction of sp³-hybridized carbons (Fsp3) is 0. The van der Waals surface area contributed by atoms with Gasteiger partial charge in [-0.25, -0.2) is 0 Å². The molecular weight excluding hydrogens is 366 g/mol. The van der Waals surface area contributed by atoms with Gasteiger partial charge in [-0.15, -0.1) is 9.79 Å². The Morgan fingerprint density at radius 1 is 0.667 bits per heavy atom. The molecular formula is H2Ca4O9P2+2. The normalized spacial score (nSPS) is 7.87. The van der Waals surface area contributed by atoms with E-state index >= 15 is 0 Å². The van der Waals surface area contributed by atoms with Crippen LogP contribution in [0.15, 0.2) is 0 Å². The molecule has 15 heavy (non-hydrogen) atoms. The van der Waals surface area contributed by atoms with Gasteiger partial charge in [0.1, 0.15) is 0 Å². The molecule has 0 fully saturated rings. The second-order valence-electron chi connectivity index (χ2n) is 0.557. The molecule has 0 aliphatic rings. The first-order valence-corrected chi connectivity index (χ1v) is 8.15. The van der Waals surface area contributed by atoms with Crippen LogP contribution in [0.5, 0.6) is 0 Å². The van der Waals surface area contributed by atoms with E-state index in [-0.39, 0.29) is 144 Å². The molecule has 0 saturated carbocycles. The maximum atomic E-state index is 9.39. The van der Waals surface area contributed by atoms with Crippen molar-refractivity contribution in [3.8, 4) is 0 Å². The number of rotatable bonds is 2. The van der Waals surface area contributed by atoms with E-state index < -0.39 is 16.5 Å². The molecule has 0 amide bonds. The topological polar surface area (TPSA) is 152 Å². The Morgan fingerprint density at radius 2 is 0.800 bits per heavy atom. The van der Waals surface area contributed by atoms with Gasteiger partial charge in [-0.1, -0.05) is 0 Å². The summed E-state index contributed by atoms with van der Waals surface area (Å²) in [6.07, 6.45) is 0. The molecule has 0 aromatic carbocycles. The zero-order valence-electron chi connectivity index (χ0n) is 7.48. The second-order valence-corrected chi connectivity index (χ2v) is 2.16. The average molecular weight is 368 g/mol. The van der Waals surface area contributed by atoms with Crippen molar-refractivity contribution in [3.05, 3.63) is 0 Å². The fourth-order valence-corrected chi connectivity index (χ4v) is 0.538. The standard InChI is InChI=1S/4Ca.O5P2.4O/c;;;;1-6(2)5-7(3)4;;;;/p+2. The van der Waals surface area contributed by atoms with Gasteiger partial charge in [-0.3, -0.25) is 0 Å². The van der Waals surface area contributed by atoms with E-state index in [4.69, 9.17) is 15.5 Å². The summed E-state index contributed by atoms with van der Waals surface area (Å²) < 4.78 is 55.7. The van der Waals surface area contributed by atoms with Gasteiger partial charge >= 0.3 is 166 Å². The Labute approximate surface area is 184 Å². The number of hydrogen-bond acceptors (Lipinski definition) is 7. The van der Waals surface area contributed by atoms with Crippen LogP contribution in [0.1, 0.15) is 0 Å². The first-order chi connectivity index (χ1) is 7.13. The summed E-state index contributed by atoms with van der Waals surface area (Å²) in [7, 11) is -5.85. The molecule has 0 spiro atoms. The van der Waals surface area contributed by atoms with Gasteiger partial charge in [0, 0.05) is 9.13 Å². The second kappa shape index (κ2) is 42.9. The van der Waals surface area contributed by atoms with Crippen LogP contribution in [0.4, 0.5) is 0 Å². The van der Waals surface area contributed by atoms with Crippen LogP contribution in [0, 0.1) is 0 Å². The van der Waals surface area contributed by atoms with Crippen molar-refractivity contribution in [2.45, 2.75) is 0 Å². The third-order valence-electron chi connectivity index (χ3n) is 0.140. The Bertz CT molecular complexity index is 131. The molecule has 0 rings (SSSR count). The van der Waals surface area contributed by atoms with Crippen LogP contribution < -0.4 is 0 Å². The van der Waals surface area contributed by atoms with E-state index in [1.165, 1.54) is 0 Å². The molecule has 9 nitrogen and oxygen atoms in total. The van der Waals surface area contributed by atoms with Crippen LogP contribution in [0.3, 0.4) is 0 Å². The average Bonchev–Trinajstić information content (AvgIpc) is 2.27. The zero-order chi connectivity index (χ0) is 13.9. The van der Waals surface area contributed by atoms with E-state index in [0.717, 1.165) is 0 Å². The van der Waals surface area contributed by atoms with E-state index in [9.17, 15) is 9.13 Å². The predicted octanol–water partition coefficient (Wildman–Crippen LogP) is -1.70. The molecule has 0 radical (unpaired) electrons. The van der Waals surface area contributed by atoms with E-state index in [2.05, 4.69) is 4.31 Å². The van der Waals surface area contributed by atoms with Crippen molar-refractivity contribution >= 4 is 160 Å². The fourth-order valence-electron chi connectivity index (χ4n) is 0.0598. The molecule has 0 bridgehead atoms. The SMILES string of the molecule is O=[P+](O)O[P+](=O)O.[O]=[Ca].[O]=[Ca].[O]=[Ca].[O]=[Ca]. The summed E-state index contributed by atoms with van der Waals surface area (Å²) in [6, 6.07) is 0. The molecule has 0 saturated heterocycles. The van der Waals surface area contributed by atoms with Gasteiger partial charge in [-0.2, -0.15) is 0 Å². The first kappa shape index (κ1) is 31.6. The van der Waals surface area contributed by atoms with E-state index in [1.807, 2.05) is 0 Å². The Hall–Kier alpha value is 4.32. The predicted molar refractivity (Wildman–Crippen MR) is 46.5 cm³/mol. The molecule has 2 N–H and O–H groups in total. The molecule has 0 aromatic rings. The Morgan fingerprint density at radius 3 is 0.800 bits per heavy atom. The van der Waals surface area contributed by atoms with Gasteiger partial charge in [0.05, 0.1) is 0 Å². The molecule has 0 heterocycles. The summed E-state index contributed by atoms with van der Waals surface area (Å²) in [6.45, 7) is 0. The third kappa shape index (κ3) is 70.5. The van der Waals surface area contributed by atoms with Gasteiger partial charge in [0.25, 0.3) is 0 Å². The summed E-state index contributed by atoms with van der Waals surface area (Å²) in [5, 5.41) is 0. The molecule has 15 heteroatoms. The first-order valence-electron chi connectivity index (χ1n) is 2.28. The summed E-state index contributed by atoms with van der Waals surface area (Å²) in [4.78, 5) is 15.3. The van der Waals surface area contributed by atoms with Crippen LogP contribution in [0.25, 0.3) is 0 Å². The summed E-state index contributed by atoms with van der Waals surface area (Å²) in [5.74, 6) is 0. The van der Waals surface area contributed by atoms with Gasteiger partial charge < -0.3 is 0 Å². The van der Waals surface area contributed by atoms with Gasteiger partial charge in [0.15, 0.2) is 4.31 Å². The maximum absolute atomic E-state index is 9.39. The van der Waals surface area contributed by atoms with Crippen LogP contribution in [0.2, 0.25) is 0 Å². The quantitative estimate of drug-likeness (QED) is 0.429. The zero-order valence-corrected chi connectivity index (χ0v) is 18.1. The van der Waals surface area contributed by atoms with E-state index in [0.29, 0.717) is 0 Å². The van der Waals surface area contributed by atoms with Crippen molar-refractivity contribution in [2.24, 2.45) is 0 Å². The minimum absolute atomic E-state index is 0.125. The summed E-state index contributed by atoms with van der Waals surface area (Å²) in [5.41, 5.74) is 0. The van der Waals surface area contributed by atoms with Crippen molar-refractivity contribution < 1.29 is 29.0 Å². The molecule has 0 aliphatic heterocycles. The minimum atomic E-state index is -2.92. The summed E-state index contributed by atoms with van der Waals surface area (Å²) >= 11 is 0.500. The van der Waals surface area contributed by atoms with E-state index in [1.54, 1.807) is 0 Å². The number of hydrogen-bond donors (Lipinski definition) is 2. The van der Waals surface area contributed by atoms with Gasteiger partial charge in [-0.05, 0) is 0 Å². The van der Waals surface area contributed by atoms with Crippen LogP contribution in [-0.4, -0.2) is 153 Å². The van der Waals surface area contributed by atoms with Crippen molar-refractivity contribution in [2.75, 3.05) is 0 Å². The van der Waals surface area contributed by atoms with Crippen molar-refractivity contribution in [1.29, 1.82) is 0 Å². The molecule has 2 atom stereocenters. The molecule has 0 aliphatic carbocycles. The molecule has 0 aromatic heterocycles. The Balaban J connectivity index is -0.0000000353. The van der Waals surface area contributed by atoms with Crippen LogP contribution >= 0.6 is 16.5 Å². The third-order valence-corrected chi connectivity index (χ3v) is 1.26. The van der Waals surface area contributed by atoms with Crippen molar-refractivity contribution in [1.82, 2.24) is 0 Å². The van der Waals surface area contributed by atoms with Crippen LogP contribution in [-0.2, 0) is 19.2 Å². The molecule has 2 unspecified atom stereocenters.